The molecule has 5 rings (SSSR count). The molecule has 0 aromatic heterocycles. The van der Waals surface area contributed by atoms with Crippen molar-refractivity contribution < 1.29 is 44.5 Å². The van der Waals surface area contributed by atoms with Gasteiger partial charge in [-0.2, -0.15) is 22.0 Å². The van der Waals surface area contributed by atoms with E-state index in [-0.39, 0.29) is 10.9 Å². The average molecular weight is 647 g/mol. The van der Waals surface area contributed by atoms with Crippen LogP contribution in [0, 0.1) is 0 Å². The zero-order valence-corrected chi connectivity index (χ0v) is 24.2. The minimum Gasteiger partial charge on any atom is -0.743 e. The highest BCUT2D eigenvalue weighted by Gasteiger charge is 2.63. The Morgan fingerprint density at radius 1 is 0.636 bits per heavy atom. The van der Waals surface area contributed by atoms with E-state index in [0.29, 0.717) is 10.8 Å². The van der Waals surface area contributed by atoms with Crippen LogP contribution < -0.4 is 0 Å². The van der Waals surface area contributed by atoms with E-state index in [2.05, 4.69) is 95.7 Å². The summed E-state index contributed by atoms with van der Waals surface area (Å²) in [6.07, 6.45) is -10.4. The van der Waals surface area contributed by atoms with Crippen LogP contribution >= 0.6 is 0 Å². The van der Waals surface area contributed by atoms with Gasteiger partial charge in [-0.3, -0.25) is 0 Å². The van der Waals surface area contributed by atoms with Crippen LogP contribution in [0.5, 0.6) is 0 Å². The second-order valence-electron chi connectivity index (χ2n) is 9.15. The molecule has 0 radical (unpaired) electrons. The SMILES string of the molecule is O=C(OC(C(F)(F)F)C(F)(F)S(=O)(=O)[O-])c1ccc2ccccc2c1.c1ccc([S+](c2ccccc2)c2ccccc2)cc1. The smallest absolute Gasteiger partial charge is 0.432 e. The summed E-state index contributed by atoms with van der Waals surface area (Å²) in [7, 11) is -6.74. The van der Waals surface area contributed by atoms with Crippen LogP contribution in [0.3, 0.4) is 0 Å². The number of hydrogen-bond donors (Lipinski definition) is 0. The fraction of sp³-hybridized carbons (Fsp3) is 0.0938. The summed E-state index contributed by atoms with van der Waals surface area (Å²) in [5.41, 5.74) is -0.521. The largest absolute Gasteiger partial charge is 0.743 e. The predicted molar refractivity (Wildman–Crippen MR) is 155 cm³/mol. The lowest BCUT2D eigenvalue weighted by atomic mass is 10.1. The van der Waals surface area contributed by atoms with Gasteiger partial charge >= 0.3 is 17.4 Å². The number of carbonyl (C=O) groups is 1. The Morgan fingerprint density at radius 2 is 1.05 bits per heavy atom. The Morgan fingerprint density at radius 3 is 1.45 bits per heavy atom. The molecule has 12 heteroatoms. The number of hydrogen-bond acceptors (Lipinski definition) is 5. The number of benzene rings is 5. The van der Waals surface area contributed by atoms with Crippen LogP contribution in [0.25, 0.3) is 10.8 Å². The van der Waals surface area contributed by atoms with Gasteiger partial charge in [0.1, 0.15) is 0 Å². The van der Waals surface area contributed by atoms with Crippen molar-refractivity contribution in [1.82, 2.24) is 0 Å². The molecule has 0 aliphatic heterocycles. The van der Waals surface area contributed by atoms with E-state index in [1.807, 2.05) is 0 Å². The van der Waals surface area contributed by atoms with Gasteiger partial charge in [0, 0.05) is 0 Å². The van der Waals surface area contributed by atoms with Crippen LogP contribution in [0.1, 0.15) is 10.4 Å². The summed E-state index contributed by atoms with van der Waals surface area (Å²) in [5.74, 6) is -1.85. The van der Waals surface area contributed by atoms with Crippen LogP contribution in [0.2, 0.25) is 0 Å². The monoisotopic (exact) mass is 646 g/mol. The lowest BCUT2D eigenvalue weighted by Gasteiger charge is -2.29. The van der Waals surface area contributed by atoms with Crippen molar-refractivity contribution in [2.24, 2.45) is 0 Å². The second kappa shape index (κ2) is 13.6. The minimum absolute atomic E-state index is 0.0146. The molecule has 5 aromatic carbocycles. The van der Waals surface area contributed by atoms with Crippen molar-refractivity contribution in [2.45, 2.75) is 32.2 Å². The van der Waals surface area contributed by atoms with Crippen molar-refractivity contribution in [3.05, 3.63) is 139 Å². The van der Waals surface area contributed by atoms with Gasteiger partial charge in [-0.15, -0.1) is 0 Å². The van der Waals surface area contributed by atoms with Gasteiger partial charge in [-0.25, -0.2) is 13.2 Å². The van der Waals surface area contributed by atoms with Crippen LogP contribution in [-0.2, 0) is 25.7 Å². The van der Waals surface area contributed by atoms with Crippen molar-refractivity contribution in [3.8, 4) is 0 Å². The number of fused-ring (bicyclic) bond motifs is 1. The first kappa shape index (κ1) is 32.6. The first-order chi connectivity index (χ1) is 20.8. The van der Waals surface area contributed by atoms with E-state index in [0.717, 1.165) is 12.1 Å². The number of ether oxygens (including phenoxy) is 1. The molecule has 228 valence electrons. The van der Waals surface area contributed by atoms with Gasteiger partial charge in [-0.05, 0) is 59.3 Å². The van der Waals surface area contributed by atoms with E-state index < -0.39 is 39.2 Å². The third kappa shape index (κ3) is 7.81. The number of rotatable bonds is 7. The van der Waals surface area contributed by atoms with Gasteiger partial charge in [0.2, 0.25) is 0 Å². The Hall–Kier alpha value is -4.26. The summed E-state index contributed by atoms with van der Waals surface area (Å²) in [6, 6.07) is 41.9. The first-order valence-corrected chi connectivity index (χ1v) is 15.4. The molecule has 5 aromatic rings. The topological polar surface area (TPSA) is 83.5 Å². The van der Waals surface area contributed by atoms with Crippen molar-refractivity contribution in [1.29, 1.82) is 0 Å². The Bertz CT molecular complexity index is 1710. The summed E-state index contributed by atoms with van der Waals surface area (Å²) in [4.78, 5) is 15.8. The molecular weight excluding hydrogens is 623 g/mol. The lowest BCUT2D eigenvalue weighted by molar-refractivity contribution is -0.248. The second-order valence-corrected chi connectivity index (χ2v) is 12.6. The standard InChI is InChI=1S/C18H15S.C14H9F5O5S/c1-4-10-16(11-5-1)19(17-12-6-2-7-13-17)18-14-8-3-9-15-18;15-13(16,17)12(14(18,19)25(21,22)23)24-11(20)10-6-5-8-3-1-2-4-9(8)7-10/h1-15H;1-7,12H,(H,21,22,23)/q+1;/p-1. The molecule has 1 unspecified atom stereocenters. The van der Waals surface area contributed by atoms with E-state index in [1.54, 1.807) is 18.2 Å². The van der Waals surface area contributed by atoms with Gasteiger partial charge < -0.3 is 9.29 Å². The molecule has 0 saturated heterocycles. The quantitative estimate of drug-likeness (QED) is 0.0779. The van der Waals surface area contributed by atoms with E-state index in [4.69, 9.17) is 0 Å². The minimum atomic E-state index is -6.73. The highest BCUT2D eigenvalue weighted by Crippen LogP contribution is 2.38. The molecule has 0 amide bonds. The lowest BCUT2D eigenvalue weighted by Crippen LogP contribution is -2.52. The fourth-order valence-electron chi connectivity index (χ4n) is 4.03. The van der Waals surface area contributed by atoms with E-state index in [1.165, 1.54) is 26.8 Å². The van der Waals surface area contributed by atoms with Gasteiger partial charge in [0.15, 0.2) is 24.8 Å². The number of esters is 1. The van der Waals surface area contributed by atoms with Gasteiger partial charge in [0.05, 0.1) is 16.5 Å². The van der Waals surface area contributed by atoms with Crippen molar-refractivity contribution in [3.63, 3.8) is 0 Å². The molecule has 0 heterocycles. The highest BCUT2D eigenvalue weighted by molar-refractivity contribution is 7.97. The van der Waals surface area contributed by atoms with E-state index >= 15 is 0 Å². The van der Waals surface area contributed by atoms with Gasteiger partial charge in [-0.1, -0.05) is 84.9 Å². The summed E-state index contributed by atoms with van der Waals surface area (Å²) in [5, 5.41) is -4.86. The highest BCUT2D eigenvalue weighted by atomic mass is 32.2. The number of carbonyl (C=O) groups excluding carboxylic acids is 1. The number of alkyl halides is 5. The average Bonchev–Trinajstić information content (AvgIpc) is 3.00. The number of halogens is 5. The van der Waals surface area contributed by atoms with E-state index in [9.17, 15) is 39.7 Å². The van der Waals surface area contributed by atoms with Crippen LogP contribution in [0.4, 0.5) is 22.0 Å². The fourth-order valence-corrected chi connectivity index (χ4v) is 6.57. The molecule has 0 spiro atoms. The summed E-state index contributed by atoms with van der Waals surface area (Å²) >= 11 is 0. The molecule has 5 nitrogen and oxygen atoms in total. The summed E-state index contributed by atoms with van der Waals surface area (Å²) < 4.78 is 99.7. The third-order valence-corrected chi connectivity index (χ3v) is 9.19. The molecule has 0 fully saturated rings. The molecule has 44 heavy (non-hydrogen) atoms. The first-order valence-electron chi connectivity index (χ1n) is 12.8. The molecular formula is C32H23F5O5S2. The molecule has 0 saturated carbocycles. The van der Waals surface area contributed by atoms with Crippen molar-refractivity contribution in [2.75, 3.05) is 0 Å². The summed E-state index contributed by atoms with van der Waals surface area (Å²) in [6.45, 7) is 0. The van der Waals surface area contributed by atoms with Crippen LogP contribution in [0.15, 0.2) is 148 Å². The molecule has 1 atom stereocenters. The molecule has 0 aliphatic rings. The predicted octanol–water partition coefficient (Wildman–Crippen LogP) is 7.85. The maximum atomic E-state index is 13.3. The zero-order valence-electron chi connectivity index (χ0n) is 22.5. The maximum Gasteiger partial charge on any atom is 0.432 e. The molecule has 0 bridgehead atoms. The third-order valence-electron chi connectivity index (χ3n) is 6.08. The molecule has 0 aliphatic carbocycles. The maximum absolute atomic E-state index is 13.3. The Kier molecular flexibility index (Phi) is 10.1. The Labute approximate surface area is 253 Å². The normalized spacial score (nSPS) is 12.7. The van der Waals surface area contributed by atoms with Gasteiger partial charge in [0.25, 0.3) is 6.10 Å². The Balaban J connectivity index is 0.000000208. The molecule has 0 N–H and O–H groups in total. The van der Waals surface area contributed by atoms with Crippen molar-refractivity contribution >= 4 is 37.8 Å². The zero-order chi connectivity index (χ0) is 32.0. The van der Waals surface area contributed by atoms with Crippen LogP contribution in [-0.4, -0.2) is 36.5 Å².